The van der Waals surface area contributed by atoms with E-state index in [1.165, 1.54) is 5.56 Å². The molecule has 1 aromatic carbocycles. The SMILES string of the molecule is Cc1ccc(OC2CCC(C(F)(F)F)CC2)cc1C. The van der Waals surface area contributed by atoms with Crippen LogP contribution in [0, 0.1) is 19.8 Å². The Hall–Kier alpha value is -1.19. The molecule has 0 radical (unpaired) electrons. The maximum atomic E-state index is 12.6. The van der Waals surface area contributed by atoms with Gasteiger partial charge in [0.05, 0.1) is 12.0 Å². The van der Waals surface area contributed by atoms with Gasteiger partial charge in [-0.1, -0.05) is 6.07 Å². The van der Waals surface area contributed by atoms with Gasteiger partial charge in [0.1, 0.15) is 5.75 Å². The van der Waals surface area contributed by atoms with Crippen molar-refractivity contribution in [1.29, 1.82) is 0 Å². The first-order chi connectivity index (χ1) is 8.86. The quantitative estimate of drug-likeness (QED) is 0.751. The first-order valence-corrected chi connectivity index (χ1v) is 6.67. The number of alkyl halides is 3. The second-order valence-corrected chi connectivity index (χ2v) is 5.38. The minimum atomic E-state index is -4.05. The fraction of sp³-hybridized carbons (Fsp3) is 0.600. The van der Waals surface area contributed by atoms with E-state index in [0.29, 0.717) is 12.8 Å². The first kappa shape index (κ1) is 14.2. The molecule has 1 fully saturated rings. The second-order valence-electron chi connectivity index (χ2n) is 5.38. The van der Waals surface area contributed by atoms with Crippen LogP contribution in [0.4, 0.5) is 13.2 Å². The van der Waals surface area contributed by atoms with Crippen LogP contribution in [-0.2, 0) is 0 Å². The van der Waals surface area contributed by atoms with E-state index in [9.17, 15) is 13.2 Å². The molecule has 0 amide bonds. The monoisotopic (exact) mass is 272 g/mol. The third-order valence-corrected chi connectivity index (χ3v) is 3.92. The van der Waals surface area contributed by atoms with Crippen LogP contribution >= 0.6 is 0 Å². The molecule has 1 aliphatic carbocycles. The Balaban J connectivity index is 1.90. The van der Waals surface area contributed by atoms with Gasteiger partial charge in [-0.25, -0.2) is 0 Å². The lowest BCUT2D eigenvalue weighted by Crippen LogP contribution is -2.31. The minimum absolute atomic E-state index is 0.0827. The fourth-order valence-corrected chi connectivity index (χ4v) is 2.49. The van der Waals surface area contributed by atoms with Crippen LogP contribution in [0.2, 0.25) is 0 Å². The van der Waals surface area contributed by atoms with E-state index in [-0.39, 0.29) is 18.9 Å². The average Bonchev–Trinajstić information content (AvgIpc) is 2.33. The Morgan fingerprint density at radius 1 is 1.00 bits per heavy atom. The number of benzene rings is 1. The summed E-state index contributed by atoms with van der Waals surface area (Å²) >= 11 is 0. The van der Waals surface area contributed by atoms with Gasteiger partial charge < -0.3 is 4.74 Å². The Morgan fingerprint density at radius 3 is 2.16 bits per heavy atom. The molecule has 0 spiro atoms. The number of hydrogen-bond acceptors (Lipinski definition) is 1. The molecule has 0 heterocycles. The Kier molecular flexibility index (Phi) is 4.07. The molecule has 4 heteroatoms. The summed E-state index contributed by atoms with van der Waals surface area (Å²) in [6, 6.07) is 5.81. The van der Waals surface area contributed by atoms with Gasteiger partial charge in [-0.15, -0.1) is 0 Å². The van der Waals surface area contributed by atoms with Crippen LogP contribution in [-0.4, -0.2) is 12.3 Å². The zero-order valence-electron chi connectivity index (χ0n) is 11.3. The summed E-state index contributed by atoms with van der Waals surface area (Å²) in [4.78, 5) is 0. The summed E-state index contributed by atoms with van der Waals surface area (Å²) in [6.45, 7) is 4.02. The van der Waals surface area contributed by atoms with Gasteiger partial charge in [0.2, 0.25) is 0 Å². The molecule has 0 N–H and O–H groups in total. The number of aryl methyl sites for hydroxylation is 2. The van der Waals surface area contributed by atoms with E-state index < -0.39 is 12.1 Å². The predicted molar refractivity (Wildman–Crippen MR) is 68.3 cm³/mol. The van der Waals surface area contributed by atoms with Crippen LogP contribution in [0.15, 0.2) is 18.2 Å². The zero-order chi connectivity index (χ0) is 14.0. The molecule has 106 valence electrons. The predicted octanol–water partition coefficient (Wildman–Crippen LogP) is 4.80. The van der Waals surface area contributed by atoms with Crippen LogP contribution in [0.25, 0.3) is 0 Å². The zero-order valence-corrected chi connectivity index (χ0v) is 11.3. The van der Waals surface area contributed by atoms with Crippen molar-refractivity contribution in [2.24, 2.45) is 5.92 Å². The van der Waals surface area contributed by atoms with Gasteiger partial charge in [0.25, 0.3) is 0 Å². The van der Waals surface area contributed by atoms with E-state index >= 15 is 0 Å². The van der Waals surface area contributed by atoms with Crippen molar-refractivity contribution >= 4 is 0 Å². The second kappa shape index (κ2) is 5.43. The van der Waals surface area contributed by atoms with Crippen molar-refractivity contribution < 1.29 is 17.9 Å². The van der Waals surface area contributed by atoms with Crippen LogP contribution in [0.3, 0.4) is 0 Å². The standard InChI is InChI=1S/C15H19F3O/c1-10-3-6-14(9-11(10)2)19-13-7-4-12(5-8-13)15(16,17)18/h3,6,9,12-13H,4-5,7-8H2,1-2H3. The Labute approximate surface area is 111 Å². The van der Waals surface area contributed by atoms with Crippen molar-refractivity contribution in [3.05, 3.63) is 29.3 Å². The summed E-state index contributed by atoms with van der Waals surface area (Å²) in [5.74, 6) is -0.384. The number of halogens is 3. The third kappa shape index (κ3) is 3.64. The van der Waals surface area contributed by atoms with Crippen molar-refractivity contribution in [2.75, 3.05) is 0 Å². The van der Waals surface area contributed by atoms with E-state index in [0.717, 1.165) is 11.3 Å². The normalized spacial score (nSPS) is 24.3. The van der Waals surface area contributed by atoms with Crippen molar-refractivity contribution in [3.63, 3.8) is 0 Å². The van der Waals surface area contributed by atoms with Crippen LogP contribution < -0.4 is 4.74 Å². The highest BCUT2D eigenvalue weighted by Crippen LogP contribution is 2.38. The molecule has 1 saturated carbocycles. The lowest BCUT2D eigenvalue weighted by Gasteiger charge is -2.30. The van der Waals surface area contributed by atoms with Gasteiger partial charge in [0.15, 0.2) is 0 Å². The summed E-state index contributed by atoms with van der Waals surface area (Å²) in [6.07, 6.45) is -2.81. The number of ether oxygens (including phenoxy) is 1. The van der Waals surface area contributed by atoms with Crippen LogP contribution in [0.1, 0.15) is 36.8 Å². The average molecular weight is 272 g/mol. The molecular weight excluding hydrogens is 253 g/mol. The maximum Gasteiger partial charge on any atom is 0.391 e. The largest absolute Gasteiger partial charge is 0.490 e. The molecule has 19 heavy (non-hydrogen) atoms. The molecule has 1 aliphatic rings. The van der Waals surface area contributed by atoms with Gasteiger partial charge in [-0.2, -0.15) is 13.2 Å². The topological polar surface area (TPSA) is 9.23 Å². The number of hydrogen-bond donors (Lipinski definition) is 0. The van der Waals surface area contributed by atoms with Crippen molar-refractivity contribution in [2.45, 2.75) is 51.8 Å². The molecule has 0 aliphatic heterocycles. The summed E-state index contributed by atoms with van der Waals surface area (Å²) in [5, 5.41) is 0. The van der Waals surface area contributed by atoms with E-state index in [2.05, 4.69) is 0 Å². The summed E-state index contributed by atoms with van der Waals surface area (Å²) in [5.41, 5.74) is 2.33. The van der Waals surface area contributed by atoms with Gasteiger partial charge in [-0.3, -0.25) is 0 Å². The molecule has 0 unspecified atom stereocenters. The van der Waals surface area contributed by atoms with E-state index in [1.54, 1.807) is 0 Å². The van der Waals surface area contributed by atoms with Gasteiger partial charge in [0, 0.05) is 0 Å². The van der Waals surface area contributed by atoms with E-state index in [1.807, 2.05) is 32.0 Å². The Morgan fingerprint density at radius 2 is 1.63 bits per heavy atom. The molecule has 0 atom stereocenters. The smallest absolute Gasteiger partial charge is 0.391 e. The third-order valence-electron chi connectivity index (χ3n) is 3.92. The van der Waals surface area contributed by atoms with Gasteiger partial charge in [-0.05, 0) is 62.8 Å². The molecular formula is C15H19F3O. The highest BCUT2D eigenvalue weighted by Gasteiger charge is 2.41. The lowest BCUT2D eigenvalue weighted by molar-refractivity contribution is -0.185. The molecule has 2 rings (SSSR count). The highest BCUT2D eigenvalue weighted by atomic mass is 19.4. The minimum Gasteiger partial charge on any atom is -0.490 e. The number of rotatable bonds is 2. The fourth-order valence-electron chi connectivity index (χ4n) is 2.49. The van der Waals surface area contributed by atoms with Gasteiger partial charge >= 0.3 is 6.18 Å². The first-order valence-electron chi connectivity index (χ1n) is 6.67. The summed E-state index contributed by atoms with van der Waals surface area (Å²) in [7, 11) is 0. The van der Waals surface area contributed by atoms with Crippen molar-refractivity contribution in [3.8, 4) is 5.75 Å². The molecule has 0 saturated heterocycles. The molecule has 1 aromatic rings. The molecule has 0 aromatic heterocycles. The molecule has 0 bridgehead atoms. The van der Waals surface area contributed by atoms with Crippen LogP contribution in [0.5, 0.6) is 5.75 Å². The lowest BCUT2D eigenvalue weighted by atomic mass is 9.87. The highest BCUT2D eigenvalue weighted by molar-refractivity contribution is 5.33. The van der Waals surface area contributed by atoms with E-state index in [4.69, 9.17) is 4.74 Å². The van der Waals surface area contributed by atoms with Crippen molar-refractivity contribution in [1.82, 2.24) is 0 Å². The Bertz CT molecular complexity index is 432. The molecule has 1 nitrogen and oxygen atoms in total. The summed E-state index contributed by atoms with van der Waals surface area (Å²) < 4.78 is 43.4. The maximum absolute atomic E-state index is 12.6.